The Hall–Kier alpha value is -1.49. The number of hydrogen-bond donors (Lipinski definition) is 2. The molecule has 18 heavy (non-hydrogen) atoms. The summed E-state index contributed by atoms with van der Waals surface area (Å²) >= 11 is 0. The van der Waals surface area contributed by atoms with E-state index in [-0.39, 0.29) is 5.75 Å². The highest BCUT2D eigenvalue weighted by Crippen LogP contribution is 2.49. The van der Waals surface area contributed by atoms with Gasteiger partial charge in [-0.3, -0.25) is 0 Å². The summed E-state index contributed by atoms with van der Waals surface area (Å²) in [6.07, 6.45) is 3.31. The number of halogens is 1. The molecule has 0 heterocycles. The molecule has 1 fully saturated rings. The van der Waals surface area contributed by atoms with Crippen LogP contribution >= 0.6 is 0 Å². The number of methoxy groups -OCH3 is 2. The van der Waals surface area contributed by atoms with Gasteiger partial charge in [0.1, 0.15) is 0 Å². The molecular formula is C13H18FNO3. The third-order valence-corrected chi connectivity index (χ3v) is 3.59. The maximum Gasteiger partial charge on any atom is 0.169 e. The highest BCUT2D eigenvalue weighted by atomic mass is 19.1. The van der Waals surface area contributed by atoms with Crippen molar-refractivity contribution in [2.75, 3.05) is 14.2 Å². The van der Waals surface area contributed by atoms with Gasteiger partial charge >= 0.3 is 0 Å². The van der Waals surface area contributed by atoms with Gasteiger partial charge in [0.25, 0.3) is 0 Å². The predicted octanol–water partition coefficient (Wildman–Crippen LogP) is 2.28. The normalized spacial score (nSPS) is 17.8. The summed E-state index contributed by atoms with van der Waals surface area (Å²) in [4.78, 5) is 0. The fourth-order valence-electron chi connectivity index (χ4n) is 2.67. The summed E-state index contributed by atoms with van der Waals surface area (Å²) in [7, 11) is 2.88. The van der Waals surface area contributed by atoms with E-state index in [1.54, 1.807) is 0 Å². The van der Waals surface area contributed by atoms with Gasteiger partial charge < -0.3 is 20.3 Å². The Morgan fingerprint density at radius 3 is 2.39 bits per heavy atom. The maximum atomic E-state index is 13.7. The number of aromatic hydroxyl groups is 1. The van der Waals surface area contributed by atoms with Crippen molar-refractivity contribution in [1.82, 2.24) is 0 Å². The first-order valence-electron chi connectivity index (χ1n) is 5.96. The number of nitrogens with two attached hydrogens (primary N) is 1. The second kappa shape index (κ2) is 4.65. The average Bonchev–Trinajstić information content (AvgIpc) is 2.79. The molecular weight excluding hydrogens is 237 g/mol. The lowest BCUT2D eigenvalue weighted by Gasteiger charge is -2.28. The predicted molar refractivity (Wildman–Crippen MR) is 65.5 cm³/mol. The SMILES string of the molecule is COc1cc(F)c(O)c(C2(N)CCCC2)c1OC. The summed E-state index contributed by atoms with van der Waals surface area (Å²) in [5.41, 5.74) is 5.86. The van der Waals surface area contributed by atoms with Crippen LogP contribution in [0.15, 0.2) is 6.07 Å². The van der Waals surface area contributed by atoms with Crippen LogP contribution in [0.3, 0.4) is 0 Å². The van der Waals surface area contributed by atoms with Gasteiger partial charge in [0, 0.05) is 11.6 Å². The van der Waals surface area contributed by atoms with E-state index in [9.17, 15) is 9.50 Å². The second-order valence-electron chi connectivity index (χ2n) is 4.68. The maximum absolute atomic E-state index is 13.7. The smallest absolute Gasteiger partial charge is 0.169 e. The average molecular weight is 255 g/mol. The molecule has 0 amide bonds. The van der Waals surface area contributed by atoms with E-state index in [2.05, 4.69) is 0 Å². The largest absolute Gasteiger partial charge is 0.504 e. The van der Waals surface area contributed by atoms with Crippen molar-refractivity contribution < 1.29 is 19.0 Å². The minimum Gasteiger partial charge on any atom is -0.504 e. The Labute approximate surface area is 106 Å². The van der Waals surface area contributed by atoms with Crippen molar-refractivity contribution in [2.45, 2.75) is 31.2 Å². The highest BCUT2D eigenvalue weighted by Gasteiger charge is 2.38. The van der Waals surface area contributed by atoms with Crippen LogP contribution in [0.4, 0.5) is 4.39 Å². The number of phenols is 1. The molecule has 1 aliphatic carbocycles. The van der Waals surface area contributed by atoms with Crippen molar-refractivity contribution in [3.8, 4) is 17.2 Å². The molecule has 0 radical (unpaired) electrons. The van der Waals surface area contributed by atoms with Crippen LogP contribution in [0.25, 0.3) is 0 Å². The Morgan fingerprint density at radius 1 is 1.28 bits per heavy atom. The Bertz CT molecular complexity index is 456. The van der Waals surface area contributed by atoms with Crippen LogP contribution in [0.2, 0.25) is 0 Å². The molecule has 0 bridgehead atoms. The lowest BCUT2D eigenvalue weighted by atomic mass is 9.87. The number of rotatable bonds is 3. The Kier molecular flexibility index (Phi) is 3.34. The molecule has 4 nitrogen and oxygen atoms in total. The molecule has 3 N–H and O–H groups in total. The third-order valence-electron chi connectivity index (χ3n) is 3.59. The zero-order valence-corrected chi connectivity index (χ0v) is 10.6. The molecule has 1 aliphatic rings. The monoisotopic (exact) mass is 255 g/mol. The van der Waals surface area contributed by atoms with Gasteiger partial charge in [-0.15, -0.1) is 0 Å². The topological polar surface area (TPSA) is 64.7 Å². The van der Waals surface area contributed by atoms with Crippen LogP contribution in [0.1, 0.15) is 31.2 Å². The molecule has 100 valence electrons. The number of benzene rings is 1. The molecule has 1 aromatic carbocycles. The minimum absolute atomic E-state index is 0.250. The van der Waals surface area contributed by atoms with Gasteiger partial charge in [0.2, 0.25) is 0 Å². The Balaban J connectivity index is 2.66. The zero-order valence-electron chi connectivity index (χ0n) is 10.6. The standard InChI is InChI=1S/C13H18FNO3/c1-17-9-7-8(14)11(16)10(12(9)18-2)13(15)5-3-4-6-13/h7,16H,3-6,15H2,1-2H3. The van der Waals surface area contributed by atoms with Gasteiger partial charge in [-0.1, -0.05) is 12.8 Å². The highest BCUT2D eigenvalue weighted by molar-refractivity contribution is 5.57. The van der Waals surface area contributed by atoms with Crippen molar-refractivity contribution >= 4 is 0 Å². The van der Waals surface area contributed by atoms with E-state index in [0.717, 1.165) is 18.9 Å². The second-order valence-corrected chi connectivity index (χ2v) is 4.68. The van der Waals surface area contributed by atoms with E-state index in [4.69, 9.17) is 15.2 Å². The third kappa shape index (κ3) is 1.88. The van der Waals surface area contributed by atoms with Crippen LogP contribution in [-0.4, -0.2) is 19.3 Å². The zero-order chi connectivity index (χ0) is 13.3. The minimum atomic E-state index is -0.745. The quantitative estimate of drug-likeness (QED) is 0.869. The first-order valence-corrected chi connectivity index (χ1v) is 5.96. The van der Waals surface area contributed by atoms with E-state index in [1.807, 2.05) is 0 Å². The summed E-state index contributed by atoms with van der Waals surface area (Å²) in [6, 6.07) is 1.11. The molecule has 0 unspecified atom stereocenters. The van der Waals surface area contributed by atoms with Crippen molar-refractivity contribution in [3.63, 3.8) is 0 Å². The van der Waals surface area contributed by atoms with Crippen molar-refractivity contribution in [3.05, 3.63) is 17.4 Å². The number of phenolic OH excluding ortho intramolecular Hbond substituents is 1. The molecule has 1 saturated carbocycles. The van der Waals surface area contributed by atoms with Crippen molar-refractivity contribution in [2.24, 2.45) is 5.73 Å². The molecule has 2 rings (SSSR count). The molecule has 5 heteroatoms. The first kappa shape index (κ1) is 13.0. The van der Waals surface area contributed by atoms with E-state index in [0.29, 0.717) is 24.2 Å². The molecule has 0 atom stereocenters. The van der Waals surface area contributed by atoms with Crippen LogP contribution in [0, 0.1) is 5.82 Å². The fourth-order valence-corrected chi connectivity index (χ4v) is 2.67. The van der Waals surface area contributed by atoms with E-state index in [1.165, 1.54) is 14.2 Å². The van der Waals surface area contributed by atoms with Gasteiger partial charge in [-0.25, -0.2) is 4.39 Å². The van der Waals surface area contributed by atoms with Crippen LogP contribution in [-0.2, 0) is 5.54 Å². The lowest BCUT2D eigenvalue weighted by molar-refractivity contribution is 0.318. The molecule has 0 saturated heterocycles. The first-order chi connectivity index (χ1) is 8.53. The molecule has 1 aromatic rings. The number of ether oxygens (including phenoxy) is 2. The number of hydrogen-bond acceptors (Lipinski definition) is 4. The Morgan fingerprint density at radius 2 is 1.89 bits per heavy atom. The summed E-state index contributed by atoms with van der Waals surface area (Å²) < 4.78 is 24.1. The van der Waals surface area contributed by atoms with E-state index >= 15 is 0 Å². The van der Waals surface area contributed by atoms with E-state index < -0.39 is 17.1 Å². The fraction of sp³-hybridized carbons (Fsp3) is 0.538. The van der Waals surface area contributed by atoms with Gasteiger partial charge in [0.15, 0.2) is 23.1 Å². The summed E-state index contributed by atoms with van der Waals surface area (Å²) in [5, 5.41) is 9.96. The summed E-state index contributed by atoms with van der Waals surface area (Å²) in [5.74, 6) is -0.600. The van der Waals surface area contributed by atoms with Gasteiger partial charge in [0.05, 0.1) is 19.8 Å². The summed E-state index contributed by atoms with van der Waals surface area (Å²) in [6.45, 7) is 0. The van der Waals surface area contributed by atoms with Gasteiger partial charge in [-0.2, -0.15) is 0 Å². The lowest BCUT2D eigenvalue weighted by Crippen LogP contribution is -2.34. The van der Waals surface area contributed by atoms with Crippen LogP contribution < -0.4 is 15.2 Å². The van der Waals surface area contributed by atoms with Gasteiger partial charge in [-0.05, 0) is 12.8 Å². The molecule has 0 spiro atoms. The van der Waals surface area contributed by atoms with Crippen LogP contribution in [0.5, 0.6) is 17.2 Å². The molecule has 0 aliphatic heterocycles. The van der Waals surface area contributed by atoms with Crippen molar-refractivity contribution in [1.29, 1.82) is 0 Å². The molecule has 0 aromatic heterocycles.